The summed E-state index contributed by atoms with van der Waals surface area (Å²) >= 11 is 0. The van der Waals surface area contributed by atoms with Gasteiger partial charge in [-0.1, -0.05) is 256 Å². The van der Waals surface area contributed by atoms with Crippen molar-refractivity contribution >= 4 is 17.9 Å². The molecule has 0 aliphatic heterocycles. The van der Waals surface area contributed by atoms with Crippen molar-refractivity contribution in [3.63, 3.8) is 0 Å². The van der Waals surface area contributed by atoms with E-state index in [1.807, 2.05) is 12.2 Å². The Morgan fingerprint density at radius 3 is 0.952 bits per heavy atom. The molecular weight excluding hydrogens is 769 g/mol. The van der Waals surface area contributed by atoms with Gasteiger partial charge in [0.05, 0.1) is 0 Å². The van der Waals surface area contributed by atoms with Crippen LogP contribution in [0.25, 0.3) is 0 Å². The maximum absolute atomic E-state index is 12.7. The lowest BCUT2D eigenvalue weighted by molar-refractivity contribution is -0.166. The SMILES string of the molecule is CC/C=C\C/C=C\C/C=C\C/C=C\CCC(=O)OC(COC(=O)CCCCCCCCCCC)COC(=O)CCCCCCCCCCCCCCCCCCCCCCCC. The molecule has 6 heteroatoms. The molecule has 1 atom stereocenters. The van der Waals surface area contributed by atoms with Crippen LogP contribution < -0.4 is 0 Å². The van der Waals surface area contributed by atoms with Crippen LogP contribution >= 0.6 is 0 Å². The fourth-order valence-corrected chi connectivity index (χ4v) is 7.63. The van der Waals surface area contributed by atoms with Crippen LogP contribution in [0.1, 0.15) is 271 Å². The zero-order valence-corrected chi connectivity index (χ0v) is 41.1. The van der Waals surface area contributed by atoms with E-state index in [9.17, 15) is 14.4 Å². The predicted molar refractivity (Wildman–Crippen MR) is 265 cm³/mol. The largest absolute Gasteiger partial charge is 0.462 e. The second kappa shape index (κ2) is 51.0. The third-order valence-electron chi connectivity index (χ3n) is 11.6. The molecule has 0 amide bonds. The van der Waals surface area contributed by atoms with Crippen LogP contribution in [-0.2, 0) is 28.6 Å². The standard InChI is InChI=1S/C56H100O6/c1-4-7-10-13-16-19-21-23-24-25-26-27-28-29-30-31-33-34-37-40-43-46-49-55(58)61-52-53(51-60-54(57)48-45-42-39-36-18-15-12-9-6-3)62-56(59)50-47-44-41-38-35-32-22-20-17-14-11-8-5-2/h8,11,17,20,32,35,41,44,53H,4-7,9-10,12-16,18-19,21-31,33-34,36-40,42-43,45-52H2,1-3H3/b11-8-,20-17-,35-32-,44-41-. The molecule has 0 radical (unpaired) electrons. The molecule has 1 unspecified atom stereocenters. The van der Waals surface area contributed by atoms with Crippen molar-refractivity contribution in [3.05, 3.63) is 48.6 Å². The summed E-state index contributed by atoms with van der Waals surface area (Å²) in [6, 6.07) is 0. The Morgan fingerprint density at radius 2 is 0.629 bits per heavy atom. The smallest absolute Gasteiger partial charge is 0.306 e. The number of esters is 3. The molecule has 0 fully saturated rings. The van der Waals surface area contributed by atoms with Gasteiger partial charge in [0.15, 0.2) is 6.10 Å². The predicted octanol–water partition coefficient (Wildman–Crippen LogP) is 17.5. The van der Waals surface area contributed by atoms with Crippen LogP contribution in [0.2, 0.25) is 0 Å². The van der Waals surface area contributed by atoms with E-state index in [2.05, 4.69) is 57.2 Å². The number of allylic oxidation sites excluding steroid dienone is 8. The molecule has 0 rings (SSSR count). The second-order valence-corrected chi connectivity index (χ2v) is 17.8. The molecule has 0 saturated heterocycles. The number of carbonyl (C=O) groups is 3. The van der Waals surface area contributed by atoms with E-state index < -0.39 is 6.10 Å². The van der Waals surface area contributed by atoms with E-state index in [0.29, 0.717) is 19.3 Å². The van der Waals surface area contributed by atoms with E-state index in [-0.39, 0.29) is 37.5 Å². The molecule has 0 saturated carbocycles. The zero-order chi connectivity index (χ0) is 45.1. The van der Waals surface area contributed by atoms with Gasteiger partial charge < -0.3 is 14.2 Å². The monoisotopic (exact) mass is 869 g/mol. The average Bonchev–Trinajstić information content (AvgIpc) is 3.27. The van der Waals surface area contributed by atoms with Gasteiger partial charge in [0, 0.05) is 19.3 Å². The molecular formula is C56H100O6. The molecule has 0 aromatic carbocycles. The average molecular weight is 869 g/mol. The summed E-state index contributed by atoms with van der Waals surface area (Å²) < 4.78 is 16.7. The highest BCUT2D eigenvalue weighted by atomic mass is 16.6. The molecule has 0 N–H and O–H groups in total. The first-order valence-corrected chi connectivity index (χ1v) is 26.6. The normalized spacial score (nSPS) is 12.4. The summed E-state index contributed by atoms with van der Waals surface area (Å²) in [5.74, 6) is -0.974. The van der Waals surface area contributed by atoms with Gasteiger partial charge in [0.25, 0.3) is 0 Å². The summed E-state index contributed by atoms with van der Waals surface area (Å²) in [4.78, 5) is 37.8. The minimum atomic E-state index is -0.805. The van der Waals surface area contributed by atoms with Crippen LogP contribution in [0.15, 0.2) is 48.6 Å². The van der Waals surface area contributed by atoms with E-state index in [0.717, 1.165) is 64.2 Å². The van der Waals surface area contributed by atoms with Crippen molar-refractivity contribution in [1.29, 1.82) is 0 Å². The first-order valence-electron chi connectivity index (χ1n) is 26.6. The zero-order valence-electron chi connectivity index (χ0n) is 41.1. The third-order valence-corrected chi connectivity index (χ3v) is 11.6. The van der Waals surface area contributed by atoms with Crippen molar-refractivity contribution in [2.45, 2.75) is 277 Å². The number of carbonyl (C=O) groups excluding carboxylic acids is 3. The molecule has 0 aromatic heterocycles. The number of rotatable bonds is 48. The molecule has 0 heterocycles. The van der Waals surface area contributed by atoms with Crippen LogP contribution in [0, 0.1) is 0 Å². The fourth-order valence-electron chi connectivity index (χ4n) is 7.63. The lowest BCUT2D eigenvalue weighted by atomic mass is 10.0. The Morgan fingerprint density at radius 1 is 0.339 bits per heavy atom. The van der Waals surface area contributed by atoms with Gasteiger partial charge in [-0.25, -0.2) is 0 Å². The minimum Gasteiger partial charge on any atom is -0.462 e. The van der Waals surface area contributed by atoms with Gasteiger partial charge in [-0.05, 0) is 44.9 Å². The lowest BCUT2D eigenvalue weighted by Gasteiger charge is -2.18. The van der Waals surface area contributed by atoms with Gasteiger partial charge in [0.1, 0.15) is 13.2 Å². The Labute approximate surface area is 384 Å². The lowest BCUT2D eigenvalue weighted by Crippen LogP contribution is -2.30. The van der Waals surface area contributed by atoms with Crippen molar-refractivity contribution in [2.24, 2.45) is 0 Å². The summed E-state index contributed by atoms with van der Waals surface area (Å²) in [5.41, 5.74) is 0. The molecule has 62 heavy (non-hydrogen) atoms. The van der Waals surface area contributed by atoms with Crippen molar-refractivity contribution in [3.8, 4) is 0 Å². The molecule has 0 aliphatic rings. The Bertz CT molecular complexity index is 1090. The maximum atomic E-state index is 12.7. The topological polar surface area (TPSA) is 78.9 Å². The summed E-state index contributed by atoms with van der Waals surface area (Å²) in [6.45, 7) is 6.46. The third kappa shape index (κ3) is 48.4. The minimum absolute atomic E-state index is 0.0981. The van der Waals surface area contributed by atoms with Crippen LogP contribution in [0.3, 0.4) is 0 Å². The quantitative estimate of drug-likeness (QED) is 0.0262. The molecule has 0 bridgehead atoms. The second-order valence-electron chi connectivity index (χ2n) is 17.8. The molecule has 0 aliphatic carbocycles. The summed E-state index contributed by atoms with van der Waals surface area (Å²) in [6.07, 6.45) is 61.3. The highest BCUT2D eigenvalue weighted by Crippen LogP contribution is 2.16. The van der Waals surface area contributed by atoms with Gasteiger partial charge >= 0.3 is 17.9 Å². The van der Waals surface area contributed by atoms with Gasteiger partial charge in [-0.2, -0.15) is 0 Å². The van der Waals surface area contributed by atoms with Gasteiger partial charge in [0.2, 0.25) is 0 Å². The van der Waals surface area contributed by atoms with Gasteiger partial charge in [-0.15, -0.1) is 0 Å². The van der Waals surface area contributed by atoms with E-state index in [1.165, 1.54) is 161 Å². The van der Waals surface area contributed by atoms with Crippen molar-refractivity contribution in [2.75, 3.05) is 13.2 Å². The van der Waals surface area contributed by atoms with Crippen LogP contribution in [0.5, 0.6) is 0 Å². The summed E-state index contributed by atoms with van der Waals surface area (Å²) in [7, 11) is 0. The fraction of sp³-hybridized carbons (Fsp3) is 0.804. The Balaban J connectivity index is 4.25. The summed E-state index contributed by atoms with van der Waals surface area (Å²) in [5, 5.41) is 0. The van der Waals surface area contributed by atoms with E-state index in [4.69, 9.17) is 14.2 Å². The van der Waals surface area contributed by atoms with E-state index in [1.54, 1.807) is 0 Å². The van der Waals surface area contributed by atoms with Gasteiger partial charge in [-0.3, -0.25) is 14.4 Å². The molecule has 0 aromatic rings. The number of ether oxygens (including phenoxy) is 3. The number of unbranched alkanes of at least 4 members (excludes halogenated alkanes) is 29. The highest BCUT2D eigenvalue weighted by Gasteiger charge is 2.19. The number of hydrogen-bond acceptors (Lipinski definition) is 6. The molecule has 6 nitrogen and oxygen atoms in total. The Kier molecular flexibility index (Phi) is 48.8. The first-order chi connectivity index (χ1) is 30.5. The molecule has 0 spiro atoms. The Hall–Kier alpha value is -2.63. The number of hydrogen-bond donors (Lipinski definition) is 0. The van der Waals surface area contributed by atoms with E-state index >= 15 is 0 Å². The highest BCUT2D eigenvalue weighted by molar-refractivity contribution is 5.71. The molecule has 360 valence electrons. The van der Waals surface area contributed by atoms with Crippen LogP contribution in [-0.4, -0.2) is 37.2 Å². The first kappa shape index (κ1) is 59.4. The maximum Gasteiger partial charge on any atom is 0.306 e. The van der Waals surface area contributed by atoms with Crippen molar-refractivity contribution < 1.29 is 28.6 Å². The van der Waals surface area contributed by atoms with Crippen molar-refractivity contribution in [1.82, 2.24) is 0 Å². The van der Waals surface area contributed by atoms with Crippen LogP contribution in [0.4, 0.5) is 0 Å².